The highest BCUT2D eigenvalue weighted by atomic mass is 79.9. The predicted molar refractivity (Wildman–Crippen MR) is 88.3 cm³/mol. The van der Waals surface area contributed by atoms with Crippen LogP contribution in [0.1, 0.15) is 31.0 Å². The maximum atomic E-state index is 10.9. The van der Waals surface area contributed by atoms with Crippen molar-refractivity contribution >= 4 is 33.6 Å². The van der Waals surface area contributed by atoms with Gasteiger partial charge in [-0.2, -0.15) is 0 Å². The molecule has 1 aliphatic carbocycles. The van der Waals surface area contributed by atoms with Gasteiger partial charge in [-0.15, -0.1) is 0 Å². The van der Waals surface area contributed by atoms with Crippen LogP contribution in [0.25, 0.3) is 11.3 Å². The molecule has 1 amide bonds. The number of amides is 1. The Hall–Kier alpha value is -1.53. The maximum Gasteiger partial charge on any atom is 0.404 e. The van der Waals surface area contributed by atoms with E-state index in [4.69, 9.17) is 16.7 Å². The molecule has 1 aromatic carbocycles. The summed E-state index contributed by atoms with van der Waals surface area (Å²) in [7, 11) is 0. The quantitative estimate of drug-likeness (QED) is 0.734. The van der Waals surface area contributed by atoms with Crippen molar-refractivity contribution in [3.8, 4) is 11.3 Å². The summed E-state index contributed by atoms with van der Waals surface area (Å²) in [6.45, 7) is 0. The number of hydrogen-bond acceptors (Lipinski definition) is 2. The van der Waals surface area contributed by atoms with Gasteiger partial charge in [0.05, 0.1) is 0 Å². The Balaban J connectivity index is 1.88. The zero-order valence-corrected chi connectivity index (χ0v) is 14.0. The molecule has 22 heavy (non-hydrogen) atoms. The minimum Gasteiger partial charge on any atom is -0.465 e. The van der Waals surface area contributed by atoms with E-state index in [1.54, 1.807) is 0 Å². The number of aromatic nitrogens is 2. The Labute approximate surface area is 141 Å². The SMILES string of the molecule is O=C(O)N[C@H]1CCC[C@H]1c1nc(-c2ccc(Br)cc2)c(Cl)[nH]1. The molecular weight excluding hydrogens is 370 g/mol. The topological polar surface area (TPSA) is 78.0 Å². The normalized spacial score (nSPS) is 21.0. The van der Waals surface area contributed by atoms with Crippen molar-refractivity contribution in [1.82, 2.24) is 15.3 Å². The van der Waals surface area contributed by atoms with Gasteiger partial charge in [0.15, 0.2) is 0 Å². The number of carbonyl (C=O) groups is 1. The summed E-state index contributed by atoms with van der Waals surface area (Å²) in [4.78, 5) is 18.6. The highest BCUT2D eigenvalue weighted by Crippen LogP contribution is 2.36. The predicted octanol–water partition coefficient (Wildman–Crippen LogP) is 4.40. The Morgan fingerprint density at radius 1 is 1.36 bits per heavy atom. The number of hydrogen-bond donors (Lipinski definition) is 3. The highest BCUT2D eigenvalue weighted by molar-refractivity contribution is 9.10. The number of halogens is 2. The van der Waals surface area contributed by atoms with Crippen LogP contribution in [0.2, 0.25) is 5.15 Å². The van der Waals surface area contributed by atoms with Gasteiger partial charge in [-0.3, -0.25) is 0 Å². The monoisotopic (exact) mass is 383 g/mol. The second-order valence-corrected chi connectivity index (χ2v) is 6.68. The molecule has 1 heterocycles. The minimum absolute atomic E-state index is 0.0396. The Bertz CT molecular complexity index is 687. The number of H-pyrrole nitrogens is 1. The maximum absolute atomic E-state index is 10.9. The molecule has 3 N–H and O–H groups in total. The largest absolute Gasteiger partial charge is 0.465 e. The summed E-state index contributed by atoms with van der Waals surface area (Å²) in [6, 6.07) is 7.64. The first-order chi connectivity index (χ1) is 10.5. The second kappa shape index (κ2) is 6.30. The zero-order chi connectivity index (χ0) is 15.7. The van der Waals surface area contributed by atoms with Gasteiger partial charge in [-0.25, -0.2) is 9.78 Å². The fourth-order valence-corrected chi connectivity index (χ4v) is 3.47. The van der Waals surface area contributed by atoms with E-state index in [9.17, 15) is 4.79 Å². The second-order valence-electron chi connectivity index (χ2n) is 5.38. The first-order valence-corrected chi connectivity index (χ1v) is 8.22. The lowest BCUT2D eigenvalue weighted by atomic mass is 10.0. The van der Waals surface area contributed by atoms with E-state index in [1.165, 1.54) is 0 Å². The molecule has 3 rings (SSSR count). The van der Waals surface area contributed by atoms with Crippen molar-refractivity contribution < 1.29 is 9.90 Å². The molecule has 0 saturated heterocycles. The number of benzene rings is 1. The van der Waals surface area contributed by atoms with Crippen LogP contribution in [0.4, 0.5) is 4.79 Å². The van der Waals surface area contributed by atoms with E-state index in [0.29, 0.717) is 10.8 Å². The molecule has 0 radical (unpaired) electrons. The summed E-state index contributed by atoms with van der Waals surface area (Å²) in [5.74, 6) is 0.789. The van der Waals surface area contributed by atoms with E-state index in [1.807, 2.05) is 24.3 Å². The van der Waals surface area contributed by atoms with E-state index in [-0.39, 0.29) is 12.0 Å². The van der Waals surface area contributed by atoms with Crippen molar-refractivity contribution in [3.05, 3.63) is 39.7 Å². The number of nitrogens with zero attached hydrogens (tertiary/aromatic N) is 1. The van der Waals surface area contributed by atoms with Gasteiger partial charge in [0.25, 0.3) is 0 Å². The fraction of sp³-hybridized carbons (Fsp3) is 0.333. The van der Waals surface area contributed by atoms with Crippen molar-refractivity contribution in [2.75, 3.05) is 0 Å². The first-order valence-electron chi connectivity index (χ1n) is 7.05. The van der Waals surface area contributed by atoms with Gasteiger partial charge in [0, 0.05) is 22.0 Å². The molecule has 1 aromatic heterocycles. The van der Waals surface area contributed by atoms with E-state index in [0.717, 1.165) is 35.1 Å². The van der Waals surface area contributed by atoms with Crippen molar-refractivity contribution in [2.45, 2.75) is 31.2 Å². The molecule has 0 bridgehead atoms. The lowest BCUT2D eigenvalue weighted by Crippen LogP contribution is -2.35. The van der Waals surface area contributed by atoms with Crippen LogP contribution in [-0.2, 0) is 0 Å². The van der Waals surface area contributed by atoms with E-state index in [2.05, 4.69) is 31.2 Å². The average molecular weight is 385 g/mol. The third-order valence-corrected chi connectivity index (χ3v) is 4.77. The van der Waals surface area contributed by atoms with Crippen LogP contribution in [0, 0.1) is 0 Å². The number of rotatable bonds is 3. The van der Waals surface area contributed by atoms with Crippen LogP contribution < -0.4 is 5.32 Å². The lowest BCUT2D eigenvalue weighted by molar-refractivity contribution is 0.188. The van der Waals surface area contributed by atoms with Gasteiger partial charge in [-0.1, -0.05) is 46.1 Å². The van der Waals surface area contributed by atoms with Gasteiger partial charge in [-0.05, 0) is 25.0 Å². The van der Waals surface area contributed by atoms with Gasteiger partial charge in [0.1, 0.15) is 16.7 Å². The van der Waals surface area contributed by atoms with Gasteiger partial charge in [0.2, 0.25) is 0 Å². The summed E-state index contributed by atoms with van der Waals surface area (Å²) in [5.41, 5.74) is 1.63. The molecule has 1 fully saturated rings. The van der Waals surface area contributed by atoms with Gasteiger partial charge < -0.3 is 15.4 Å². The number of nitrogens with one attached hydrogen (secondary N) is 2. The molecule has 2 aromatic rings. The Morgan fingerprint density at radius 2 is 2.09 bits per heavy atom. The van der Waals surface area contributed by atoms with E-state index < -0.39 is 6.09 Å². The number of imidazole rings is 1. The summed E-state index contributed by atoms with van der Waals surface area (Å²) >= 11 is 9.69. The molecular formula is C15H15BrClN3O2. The standard InChI is InChI=1S/C15H15BrClN3O2/c16-9-6-4-8(5-7-9)12-13(17)20-14(19-12)10-2-1-3-11(10)18-15(21)22/h4-7,10-11,18H,1-3H2,(H,19,20)(H,21,22)/t10-,11+/m1/s1. The molecule has 116 valence electrons. The molecule has 7 heteroatoms. The smallest absolute Gasteiger partial charge is 0.404 e. The molecule has 1 saturated carbocycles. The fourth-order valence-electron chi connectivity index (χ4n) is 2.96. The Morgan fingerprint density at radius 3 is 2.77 bits per heavy atom. The molecule has 2 atom stereocenters. The number of carboxylic acid groups (broad SMARTS) is 1. The van der Waals surface area contributed by atoms with Crippen LogP contribution in [0.15, 0.2) is 28.7 Å². The van der Waals surface area contributed by atoms with Gasteiger partial charge >= 0.3 is 6.09 Å². The third-order valence-electron chi connectivity index (χ3n) is 3.97. The zero-order valence-electron chi connectivity index (χ0n) is 11.6. The summed E-state index contributed by atoms with van der Waals surface area (Å²) in [6.07, 6.45) is 1.70. The molecule has 0 aliphatic heterocycles. The molecule has 1 aliphatic rings. The van der Waals surface area contributed by atoms with Crippen molar-refractivity contribution in [3.63, 3.8) is 0 Å². The summed E-state index contributed by atoms with van der Waals surface area (Å²) in [5, 5.41) is 12.0. The summed E-state index contributed by atoms with van der Waals surface area (Å²) < 4.78 is 0.990. The van der Waals surface area contributed by atoms with Crippen LogP contribution in [-0.4, -0.2) is 27.2 Å². The van der Waals surface area contributed by atoms with Crippen molar-refractivity contribution in [2.24, 2.45) is 0 Å². The Kier molecular flexibility index (Phi) is 4.40. The van der Waals surface area contributed by atoms with E-state index >= 15 is 0 Å². The lowest BCUT2D eigenvalue weighted by Gasteiger charge is -2.17. The van der Waals surface area contributed by atoms with Crippen molar-refractivity contribution in [1.29, 1.82) is 0 Å². The van der Waals surface area contributed by atoms with Crippen LogP contribution in [0.5, 0.6) is 0 Å². The first kappa shape index (κ1) is 15.4. The molecule has 0 unspecified atom stereocenters. The molecule has 5 nitrogen and oxygen atoms in total. The average Bonchev–Trinajstić information content (AvgIpc) is 3.06. The molecule has 0 spiro atoms. The highest BCUT2D eigenvalue weighted by Gasteiger charge is 2.32. The third kappa shape index (κ3) is 3.13. The number of aromatic amines is 1. The minimum atomic E-state index is -0.998. The van der Waals surface area contributed by atoms with Crippen LogP contribution >= 0.6 is 27.5 Å². The van der Waals surface area contributed by atoms with Crippen LogP contribution in [0.3, 0.4) is 0 Å².